The molecule has 0 saturated carbocycles. The molecule has 0 aliphatic carbocycles. The van der Waals surface area contributed by atoms with Crippen molar-refractivity contribution in [1.29, 1.82) is 0 Å². The van der Waals surface area contributed by atoms with Crippen LogP contribution >= 0.6 is 22.7 Å². The smallest absolute Gasteiger partial charge is 0.326 e. The van der Waals surface area contributed by atoms with Crippen LogP contribution in [-0.4, -0.2) is 41.0 Å². The van der Waals surface area contributed by atoms with Crippen molar-refractivity contribution in [3.63, 3.8) is 0 Å². The summed E-state index contributed by atoms with van der Waals surface area (Å²) < 4.78 is 5.25. The van der Waals surface area contributed by atoms with Crippen molar-refractivity contribution in [2.24, 2.45) is 0 Å². The third-order valence-electron chi connectivity index (χ3n) is 2.89. The van der Waals surface area contributed by atoms with Gasteiger partial charge in [-0.2, -0.15) is 11.3 Å². The molecule has 0 unspecified atom stereocenters. The van der Waals surface area contributed by atoms with Gasteiger partial charge in [-0.05, 0) is 39.1 Å². The highest BCUT2D eigenvalue weighted by Gasteiger charge is 2.23. The van der Waals surface area contributed by atoms with E-state index >= 15 is 0 Å². The van der Waals surface area contributed by atoms with Gasteiger partial charge in [0.1, 0.15) is 22.0 Å². The lowest BCUT2D eigenvalue weighted by atomic mass is 10.2. The minimum absolute atomic E-state index is 0.0821. The van der Waals surface area contributed by atoms with Crippen molar-refractivity contribution in [2.45, 2.75) is 33.3 Å². The fourth-order valence-corrected chi connectivity index (χ4v) is 3.69. The number of nitrogens with zero attached hydrogens (tertiary/aromatic N) is 2. The summed E-state index contributed by atoms with van der Waals surface area (Å²) in [6, 6.07) is 1.97. The average Bonchev–Trinajstić information content (AvgIpc) is 3.04. The van der Waals surface area contributed by atoms with Gasteiger partial charge >= 0.3 is 5.97 Å². The number of thiazole rings is 1. The molecule has 0 saturated heterocycles. The number of aromatic nitrogens is 1. The predicted octanol–water partition coefficient (Wildman–Crippen LogP) is 3.59. The number of hydrogen-bond donors (Lipinski definition) is 0. The Balaban J connectivity index is 2.09. The summed E-state index contributed by atoms with van der Waals surface area (Å²) in [6.45, 7) is 7.12. The number of hydrogen-bond acceptors (Lipinski definition) is 6. The average molecular weight is 352 g/mol. The molecular formula is C16H20N2O3S2. The highest BCUT2D eigenvalue weighted by Crippen LogP contribution is 2.30. The van der Waals surface area contributed by atoms with E-state index in [1.54, 1.807) is 46.1 Å². The van der Waals surface area contributed by atoms with Gasteiger partial charge in [0, 0.05) is 18.0 Å². The zero-order valence-electron chi connectivity index (χ0n) is 13.9. The largest absolute Gasteiger partial charge is 0.459 e. The lowest BCUT2D eigenvalue weighted by molar-refractivity contribution is -0.155. The van der Waals surface area contributed by atoms with Crippen LogP contribution in [0.1, 0.15) is 36.1 Å². The Morgan fingerprint density at radius 2 is 2.04 bits per heavy atom. The standard InChI is InChI=1S/C16H20N2O3S2/c1-10-13(23-14(17-10)11-6-7-22-9-11)15(20)18(5)8-12(19)21-16(2,3)4/h6-7,9H,8H2,1-5H3. The van der Waals surface area contributed by atoms with Gasteiger partial charge in [0.2, 0.25) is 0 Å². The van der Waals surface area contributed by atoms with Crippen LogP contribution in [0.2, 0.25) is 0 Å². The summed E-state index contributed by atoms with van der Waals surface area (Å²) in [6.07, 6.45) is 0. The number of esters is 1. The van der Waals surface area contributed by atoms with Crippen molar-refractivity contribution in [3.05, 3.63) is 27.4 Å². The van der Waals surface area contributed by atoms with Crippen LogP contribution in [0.3, 0.4) is 0 Å². The topological polar surface area (TPSA) is 59.5 Å². The molecule has 0 radical (unpaired) electrons. The molecule has 7 heteroatoms. The molecule has 0 N–H and O–H groups in total. The lowest BCUT2D eigenvalue weighted by Gasteiger charge is -2.22. The minimum atomic E-state index is -0.562. The number of amides is 1. The van der Waals surface area contributed by atoms with E-state index in [9.17, 15) is 9.59 Å². The minimum Gasteiger partial charge on any atom is -0.459 e. The van der Waals surface area contributed by atoms with Crippen LogP contribution in [0, 0.1) is 6.92 Å². The highest BCUT2D eigenvalue weighted by molar-refractivity contribution is 7.17. The van der Waals surface area contributed by atoms with E-state index in [1.165, 1.54) is 16.2 Å². The van der Waals surface area contributed by atoms with Crippen LogP contribution in [0.15, 0.2) is 16.8 Å². The number of ether oxygens (including phenoxy) is 1. The molecule has 0 atom stereocenters. The Hall–Kier alpha value is -1.73. The summed E-state index contributed by atoms with van der Waals surface area (Å²) in [5, 5.41) is 4.79. The number of aryl methyl sites for hydroxylation is 1. The first-order chi connectivity index (χ1) is 10.7. The second-order valence-electron chi connectivity index (χ2n) is 6.19. The lowest BCUT2D eigenvalue weighted by Crippen LogP contribution is -2.36. The van der Waals surface area contributed by atoms with Crippen molar-refractivity contribution in [3.8, 4) is 10.6 Å². The molecule has 23 heavy (non-hydrogen) atoms. The maximum Gasteiger partial charge on any atom is 0.326 e. The molecule has 2 aromatic rings. The zero-order valence-corrected chi connectivity index (χ0v) is 15.5. The predicted molar refractivity (Wildman–Crippen MR) is 93.0 cm³/mol. The Morgan fingerprint density at radius 3 is 2.61 bits per heavy atom. The Kier molecular flexibility index (Phi) is 5.21. The maximum absolute atomic E-state index is 12.5. The SMILES string of the molecule is Cc1nc(-c2ccsc2)sc1C(=O)N(C)CC(=O)OC(C)(C)C. The van der Waals surface area contributed by atoms with Gasteiger partial charge in [0.15, 0.2) is 0 Å². The molecule has 2 heterocycles. The molecule has 2 rings (SSSR count). The van der Waals surface area contributed by atoms with Gasteiger partial charge in [-0.25, -0.2) is 4.98 Å². The molecule has 1 amide bonds. The molecule has 0 bridgehead atoms. The van der Waals surface area contributed by atoms with E-state index in [0.717, 1.165) is 10.6 Å². The maximum atomic E-state index is 12.5. The van der Waals surface area contributed by atoms with Crippen LogP contribution in [0.25, 0.3) is 10.6 Å². The number of thiophene rings is 1. The van der Waals surface area contributed by atoms with Crippen LogP contribution < -0.4 is 0 Å². The Morgan fingerprint density at radius 1 is 1.35 bits per heavy atom. The molecule has 124 valence electrons. The first kappa shape index (κ1) is 17.6. The first-order valence-corrected chi connectivity index (χ1v) is 8.90. The molecule has 2 aromatic heterocycles. The fraction of sp³-hybridized carbons (Fsp3) is 0.438. The van der Waals surface area contributed by atoms with Gasteiger partial charge < -0.3 is 9.64 Å². The van der Waals surface area contributed by atoms with Crippen LogP contribution in [0.4, 0.5) is 0 Å². The number of carbonyl (C=O) groups excluding carboxylic acids is 2. The molecule has 0 aliphatic heterocycles. The van der Waals surface area contributed by atoms with Crippen molar-refractivity contribution in [1.82, 2.24) is 9.88 Å². The molecule has 0 aromatic carbocycles. The second-order valence-corrected chi connectivity index (χ2v) is 7.97. The van der Waals surface area contributed by atoms with Crippen molar-refractivity contribution in [2.75, 3.05) is 13.6 Å². The quantitative estimate of drug-likeness (QED) is 0.789. The van der Waals surface area contributed by atoms with Gasteiger partial charge in [-0.3, -0.25) is 9.59 Å². The van der Waals surface area contributed by atoms with Gasteiger partial charge in [0.25, 0.3) is 5.91 Å². The van der Waals surface area contributed by atoms with E-state index in [4.69, 9.17) is 4.74 Å². The normalized spacial score (nSPS) is 11.3. The first-order valence-electron chi connectivity index (χ1n) is 7.14. The summed E-state index contributed by atoms with van der Waals surface area (Å²) >= 11 is 2.93. The summed E-state index contributed by atoms with van der Waals surface area (Å²) in [5.41, 5.74) is 1.13. The molecule has 0 spiro atoms. The number of carbonyl (C=O) groups is 2. The summed E-state index contributed by atoms with van der Waals surface area (Å²) in [4.78, 5) is 30.8. The number of rotatable bonds is 4. The molecular weight excluding hydrogens is 332 g/mol. The summed E-state index contributed by atoms with van der Waals surface area (Å²) in [5.74, 6) is -0.638. The van der Waals surface area contributed by atoms with E-state index in [2.05, 4.69) is 4.98 Å². The Bertz CT molecular complexity index is 699. The van der Waals surface area contributed by atoms with E-state index in [-0.39, 0.29) is 12.5 Å². The highest BCUT2D eigenvalue weighted by atomic mass is 32.1. The molecule has 0 fully saturated rings. The van der Waals surface area contributed by atoms with Crippen LogP contribution in [0.5, 0.6) is 0 Å². The van der Waals surface area contributed by atoms with E-state index < -0.39 is 11.6 Å². The van der Waals surface area contributed by atoms with Crippen LogP contribution in [-0.2, 0) is 9.53 Å². The zero-order chi connectivity index (χ0) is 17.2. The molecule has 5 nitrogen and oxygen atoms in total. The van der Waals surface area contributed by atoms with Gasteiger partial charge in [-0.1, -0.05) is 0 Å². The third kappa shape index (κ3) is 4.62. The van der Waals surface area contributed by atoms with Gasteiger partial charge in [-0.15, -0.1) is 11.3 Å². The second kappa shape index (κ2) is 6.80. The van der Waals surface area contributed by atoms with E-state index in [1.807, 2.05) is 16.8 Å². The Labute approximate surface area is 143 Å². The van der Waals surface area contributed by atoms with Gasteiger partial charge in [0.05, 0.1) is 5.69 Å². The third-order valence-corrected chi connectivity index (χ3v) is 4.77. The molecule has 0 aliphatic rings. The monoisotopic (exact) mass is 352 g/mol. The van der Waals surface area contributed by atoms with Crippen molar-refractivity contribution >= 4 is 34.6 Å². The van der Waals surface area contributed by atoms with E-state index in [0.29, 0.717) is 10.6 Å². The summed E-state index contributed by atoms with van der Waals surface area (Å²) in [7, 11) is 1.59. The fourth-order valence-electron chi connectivity index (χ4n) is 1.92. The number of likely N-dealkylation sites (N-methyl/N-ethyl adjacent to an activating group) is 1. The van der Waals surface area contributed by atoms with Crippen molar-refractivity contribution < 1.29 is 14.3 Å².